The molecule has 2 unspecified atom stereocenters. The van der Waals surface area contributed by atoms with Gasteiger partial charge >= 0.3 is 0 Å². The molecule has 7 nitrogen and oxygen atoms in total. The monoisotopic (exact) mass is 495 g/mol. The number of rotatable bonds is 6. The van der Waals surface area contributed by atoms with Crippen molar-refractivity contribution >= 4 is 29.4 Å². The van der Waals surface area contributed by atoms with Crippen molar-refractivity contribution < 1.29 is 23.1 Å². The van der Waals surface area contributed by atoms with Gasteiger partial charge in [0.2, 0.25) is 0 Å². The number of nitrogens with zero attached hydrogens (tertiary/aromatic N) is 2. The van der Waals surface area contributed by atoms with Crippen LogP contribution in [0.5, 0.6) is 0 Å². The maximum atomic E-state index is 13.4. The summed E-state index contributed by atoms with van der Waals surface area (Å²) in [6, 6.07) is 3.90. The number of fused-ring (bicyclic) bond motifs is 1. The van der Waals surface area contributed by atoms with E-state index < -0.39 is 29.4 Å². The number of imidazole rings is 1. The summed E-state index contributed by atoms with van der Waals surface area (Å²) in [4.78, 5) is 17.5. The number of anilines is 1. The Bertz CT molecular complexity index is 1150. The number of aryl methyl sites for hydroxylation is 1. The molecule has 0 saturated heterocycles. The van der Waals surface area contributed by atoms with Crippen LogP contribution in [0, 0.1) is 23.1 Å². The molecule has 2 fully saturated rings. The number of nitrogens with two attached hydrogens (primary N) is 1. The highest BCUT2D eigenvalue weighted by atomic mass is 35.5. The van der Waals surface area contributed by atoms with Crippen molar-refractivity contribution in [2.45, 2.75) is 43.6 Å². The molecule has 182 valence electrons. The summed E-state index contributed by atoms with van der Waals surface area (Å²) in [5, 5.41) is 21.2. The van der Waals surface area contributed by atoms with Gasteiger partial charge in [-0.3, -0.25) is 4.79 Å². The second kappa shape index (κ2) is 9.07. The second-order valence-electron chi connectivity index (χ2n) is 9.11. The highest BCUT2D eigenvalue weighted by Gasteiger charge is 2.51. The first kappa shape index (κ1) is 24.3. The summed E-state index contributed by atoms with van der Waals surface area (Å²) in [7, 11) is 1.70. The van der Waals surface area contributed by atoms with Crippen LogP contribution in [0.15, 0.2) is 35.8 Å². The third kappa shape index (κ3) is 4.32. The SMILES string of the molecule is Cn1cnc(C2CC3CC(O)(/C(C=N)=C(/N)C(F)F)CC3C2)c1C(=O)Nc1ccc(F)c(Cl)c1. The average Bonchev–Trinajstić information content (AvgIpc) is 3.42. The third-order valence-corrected chi connectivity index (χ3v) is 7.27. The number of hydrogen-bond donors (Lipinski definition) is 4. The first-order valence-electron chi connectivity index (χ1n) is 10.8. The van der Waals surface area contributed by atoms with E-state index >= 15 is 0 Å². The third-order valence-electron chi connectivity index (χ3n) is 6.98. The fraction of sp³-hybridized carbons (Fsp3) is 0.435. The molecule has 2 aliphatic rings. The average molecular weight is 496 g/mol. The quantitative estimate of drug-likeness (QED) is 0.449. The number of aromatic nitrogens is 2. The van der Waals surface area contributed by atoms with Crippen LogP contribution in [0.4, 0.5) is 18.9 Å². The zero-order chi connectivity index (χ0) is 24.8. The van der Waals surface area contributed by atoms with Crippen molar-refractivity contribution in [1.82, 2.24) is 9.55 Å². The van der Waals surface area contributed by atoms with E-state index in [-0.39, 0.29) is 41.2 Å². The normalized spacial score (nSPS) is 27.0. The number of hydrogen-bond acceptors (Lipinski definition) is 5. The Morgan fingerprint density at radius 1 is 1.38 bits per heavy atom. The number of allylic oxidation sites excluding steroid dienone is 1. The van der Waals surface area contributed by atoms with Gasteiger partial charge in [-0.1, -0.05) is 11.6 Å². The molecule has 2 atom stereocenters. The Labute approximate surface area is 199 Å². The Morgan fingerprint density at radius 3 is 2.59 bits per heavy atom. The summed E-state index contributed by atoms with van der Waals surface area (Å²) in [5.41, 5.74) is 4.25. The van der Waals surface area contributed by atoms with E-state index in [2.05, 4.69) is 10.3 Å². The lowest BCUT2D eigenvalue weighted by atomic mass is 9.86. The fourth-order valence-electron chi connectivity index (χ4n) is 5.50. The molecule has 2 aliphatic carbocycles. The lowest BCUT2D eigenvalue weighted by molar-refractivity contribution is 0.0771. The Kier molecular flexibility index (Phi) is 6.48. The Balaban J connectivity index is 1.51. The second-order valence-corrected chi connectivity index (χ2v) is 9.52. The molecule has 34 heavy (non-hydrogen) atoms. The molecule has 2 saturated carbocycles. The van der Waals surface area contributed by atoms with E-state index in [1.807, 2.05) is 0 Å². The van der Waals surface area contributed by atoms with Crippen molar-refractivity contribution in [2.75, 3.05) is 5.32 Å². The number of benzene rings is 1. The van der Waals surface area contributed by atoms with Crippen LogP contribution in [0.3, 0.4) is 0 Å². The zero-order valence-corrected chi connectivity index (χ0v) is 19.1. The summed E-state index contributed by atoms with van der Waals surface area (Å²) >= 11 is 5.80. The smallest absolute Gasteiger partial charge is 0.278 e. The van der Waals surface area contributed by atoms with Gasteiger partial charge in [-0.25, -0.2) is 18.2 Å². The minimum absolute atomic E-state index is 0.0178. The van der Waals surface area contributed by atoms with Crippen LogP contribution < -0.4 is 11.1 Å². The Morgan fingerprint density at radius 2 is 2.03 bits per heavy atom. The molecule has 11 heteroatoms. The molecular weight excluding hydrogens is 471 g/mol. The zero-order valence-electron chi connectivity index (χ0n) is 18.4. The molecule has 0 bridgehead atoms. The first-order chi connectivity index (χ1) is 16.0. The number of nitrogens with one attached hydrogen (secondary N) is 2. The van der Waals surface area contributed by atoms with E-state index in [0.717, 1.165) is 6.21 Å². The highest BCUT2D eigenvalue weighted by Crippen LogP contribution is 2.55. The molecule has 1 heterocycles. The summed E-state index contributed by atoms with van der Waals surface area (Å²) in [6.07, 6.45) is 0.996. The van der Waals surface area contributed by atoms with Crippen LogP contribution in [0.2, 0.25) is 5.02 Å². The molecule has 5 N–H and O–H groups in total. The molecule has 4 rings (SSSR count). The number of carbonyl (C=O) groups is 1. The minimum Gasteiger partial charge on any atom is -0.397 e. The minimum atomic E-state index is -2.95. The molecule has 1 amide bonds. The number of halogens is 4. The van der Waals surface area contributed by atoms with Gasteiger partial charge in [0, 0.05) is 30.4 Å². The molecule has 1 aromatic heterocycles. The van der Waals surface area contributed by atoms with E-state index in [1.54, 1.807) is 17.9 Å². The van der Waals surface area contributed by atoms with Gasteiger partial charge in [0.05, 0.1) is 28.3 Å². The number of carbonyl (C=O) groups excluding carboxylic acids is 1. The van der Waals surface area contributed by atoms with Gasteiger partial charge in [-0.2, -0.15) is 0 Å². The number of amides is 1. The van der Waals surface area contributed by atoms with Gasteiger partial charge in [0.1, 0.15) is 11.5 Å². The maximum absolute atomic E-state index is 13.4. The van der Waals surface area contributed by atoms with Crippen molar-refractivity contribution in [3.63, 3.8) is 0 Å². The van der Waals surface area contributed by atoms with Crippen LogP contribution in [0.25, 0.3) is 0 Å². The molecule has 1 aromatic carbocycles. The summed E-state index contributed by atoms with van der Waals surface area (Å²) in [6.45, 7) is 0. The van der Waals surface area contributed by atoms with E-state index in [0.29, 0.717) is 29.9 Å². The molecule has 2 aromatic rings. The fourth-order valence-corrected chi connectivity index (χ4v) is 5.68. The lowest BCUT2D eigenvalue weighted by Crippen LogP contribution is -2.33. The number of alkyl halides is 2. The van der Waals surface area contributed by atoms with Gasteiger partial charge < -0.3 is 26.1 Å². The standard InChI is InChI=1S/C23H25ClF3N5O2/c1-32-10-30-19(20(32)22(33)31-14-2-3-17(25)16(24)6-14)11-4-12-7-23(34,8-13(12)5-11)15(9-28)18(29)21(26)27/h2-3,6,9-13,21,28,34H,4-5,7-8,29H2,1H3,(H,31,33)/b18-15+,28-9?. The van der Waals surface area contributed by atoms with E-state index in [4.69, 9.17) is 22.7 Å². The lowest BCUT2D eigenvalue weighted by Gasteiger charge is -2.27. The van der Waals surface area contributed by atoms with Gasteiger partial charge in [0.25, 0.3) is 12.3 Å². The van der Waals surface area contributed by atoms with Crippen molar-refractivity contribution in [1.29, 1.82) is 5.41 Å². The summed E-state index contributed by atoms with van der Waals surface area (Å²) < 4.78 is 41.3. The number of aliphatic hydroxyl groups is 1. The van der Waals surface area contributed by atoms with Crippen LogP contribution in [-0.2, 0) is 7.05 Å². The largest absolute Gasteiger partial charge is 0.397 e. The van der Waals surface area contributed by atoms with Crippen LogP contribution >= 0.6 is 11.6 Å². The van der Waals surface area contributed by atoms with E-state index in [1.165, 1.54) is 18.2 Å². The Hall–Kier alpha value is -2.85. The topological polar surface area (TPSA) is 117 Å². The molecule has 0 spiro atoms. The van der Waals surface area contributed by atoms with Crippen LogP contribution in [0.1, 0.15) is 47.8 Å². The van der Waals surface area contributed by atoms with Crippen molar-refractivity contribution in [3.8, 4) is 0 Å². The predicted molar refractivity (Wildman–Crippen MR) is 122 cm³/mol. The molecule has 0 radical (unpaired) electrons. The first-order valence-corrected chi connectivity index (χ1v) is 11.2. The molecule has 0 aliphatic heterocycles. The van der Waals surface area contributed by atoms with Gasteiger partial charge in [-0.15, -0.1) is 0 Å². The summed E-state index contributed by atoms with van der Waals surface area (Å²) in [5.74, 6) is -1.02. The van der Waals surface area contributed by atoms with Gasteiger partial charge in [0.15, 0.2) is 0 Å². The predicted octanol–water partition coefficient (Wildman–Crippen LogP) is 4.23. The van der Waals surface area contributed by atoms with Crippen molar-refractivity contribution in [2.24, 2.45) is 24.6 Å². The highest BCUT2D eigenvalue weighted by molar-refractivity contribution is 6.31. The molecular formula is C23H25ClF3N5O2. The van der Waals surface area contributed by atoms with Crippen LogP contribution in [-0.4, -0.2) is 38.8 Å². The van der Waals surface area contributed by atoms with Gasteiger partial charge in [-0.05, 0) is 55.7 Å². The van der Waals surface area contributed by atoms with Crippen molar-refractivity contribution in [3.05, 3.63) is 58.0 Å². The van der Waals surface area contributed by atoms with E-state index in [9.17, 15) is 23.1 Å². The maximum Gasteiger partial charge on any atom is 0.278 e.